The van der Waals surface area contributed by atoms with Crippen LogP contribution in [0.1, 0.15) is 65.0 Å². The number of benzene rings is 5. The normalized spacial score (nSPS) is 19.8. The molecule has 4 N–H and O–H groups in total. The van der Waals surface area contributed by atoms with Crippen molar-refractivity contribution < 1.29 is 34.0 Å². The third-order valence-corrected chi connectivity index (χ3v) is 11.3. The Balaban J connectivity index is 1.02. The second kappa shape index (κ2) is 19.1. The molecular weight excluding hydrogens is 754 g/mol. The number of rotatable bonds is 13. The number of hydrogen-bond acceptors (Lipinski definition) is 8. The zero-order valence-electron chi connectivity index (χ0n) is 32.6. The Morgan fingerprint density at radius 3 is 2.22 bits per heavy atom. The molecule has 2 saturated heterocycles. The minimum absolute atomic E-state index is 0.0284. The summed E-state index contributed by atoms with van der Waals surface area (Å²) < 4.78 is 18.4. The number of aliphatic hydroxyl groups excluding tert-OH is 1. The molecule has 10 nitrogen and oxygen atoms in total. The van der Waals surface area contributed by atoms with E-state index >= 15 is 0 Å². The molecule has 2 heterocycles. The van der Waals surface area contributed by atoms with Crippen LogP contribution in [0, 0.1) is 0 Å². The molecule has 0 unspecified atom stereocenters. The molecule has 4 atom stereocenters. The number of methoxy groups -OCH3 is 1. The van der Waals surface area contributed by atoms with Crippen molar-refractivity contribution in [1.29, 1.82) is 0 Å². The lowest BCUT2D eigenvalue weighted by molar-refractivity contribution is -0.253. The first kappa shape index (κ1) is 41.1. The van der Waals surface area contributed by atoms with Crippen LogP contribution in [0.15, 0.2) is 127 Å². The number of hydrogen-bond donors (Lipinski definition) is 4. The lowest BCUT2D eigenvalue weighted by Gasteiger charge is -2.42. The number of nitrogens with one attached hydrogen (secondary N) is 2. The van der Waals surface area contributed by atoms with E-state index in [2.05, 4.69) is 21.6 Å². The van der Waals surface area contributed by atoms with Gasteiger partial charge >= 0.3 is 12.0 Å². The van der Waals surface area contributed by atoms with Gasteiger partial charge in [-0.2, -0.15) is 0 Å². The molecule has 2 aliphatic heterocycles. The Morgan fingerprint density at radius 1 is 0.828 bits per heavy atom. The summed E-state index contributed by atoms with van der Waals surface area (Å²) in [6.07, 6.45) is 1.17. The Bertz CT molecular complexity index is 2130. The van der Waals surface area contributed by atoms with Gasteiger partial charge in [0.15, 0.2) is 6.29 Å². The molecule has 0 saturated carbocycles. The molecule has 0 bridgehead atoms. The van der Waals surface area contributed by atoms with Gasteiger partial charge in [-0.3, -0.25) is 0 Å². The zero-order chi connectivity index (χ0) is 40.5. The molecule has 2 aliphatic rings. The van der Waals surface area contributed by atoms with E-state index in [1.165, 1.54) is 7.11 Å². The van der Waals surface area contributed by atoms with E-state index in [0.717, 1.165) is 57.6 Å². The number of amides is 2. The maximum absolute atomic E-state index is 12.9. The molecule has 11 heteroatoms. The Kier molecular flexibility index (Phi) is 13.6. The third-order valence-electron chi connectivity index (χ3n) is 11.1. The topological polar surface area (TPSA) is 130 Å². The number of halogens is 1. The highest BCUT2D eigenvalue weighted by Gasteiger charge is 2.37. The first-order valence-electron chi connectivity index (χ1n) is 19.7. The van der Waals surface area contributed by atoms with Gasteiger partial charge in [0.25, 0.3) is 0 Å². The Labute approximate surface area is 344 Å². The monoisotopic (exact) mass is 803 g/mol. The molecule has 2 fully saturated rings. The predicted octanol–water partition coefficient (Wildman–Crippen LogP) is 7.61. The SMILES string of the molecule is COC(=O)[C@H](Cc1ccccc1)NC(=O)NCc1cccc(-c2cccc([C@@H]3O[C@H](CN4CCC(O)(c5ccc(Cl)cc5)CC4)C[C@H](c4ccc(CO)cc4)O3)c2)c1. The molecule has 0 spiro atoms. The molecule has 5 aromatic carbocycles. The second-order valence-electron chi connectivity index (χ2n) is 15.1. The number of nitrogens with zero attached hydrogens (tertiary/aromatic N) is 1. The van der Waals surface area contributed by atoms with E-state index in [9.17, 15) is 19.8 Å². The van der Waals surface area contributed by atoms with Crippen LogP contribution in [0.3, 0.4) is 0 Å². The molecule has 58 heavy (non-hydrogen) atoms. The van der Waals surface area contributed by atoms with Crippen molar-refractivity contribution in [2.75, 3.05) is 26.7 Å². The maximum Gasteiger partial charge on any atom is 0.328 e. The number of likely N-dealkylation sites (tertiary alicyclic amines) is 1. The number of carbonyl (C=O) groups is 2. The van der Waals surface area contributed by atoms with E-state index in [1.807, 2.05) is 121 Å². The lowest BCUT2D eigenvalue weighted by Crippen LogP contribution is -2.47. The van der Waals surface area contributed by atoms with Crippen LogP contribution >= 0.6 is 11.6 Å². The second-order valence-corrected chi connectivity index (χ2v) is 15.5. The van der Waals surface area contributed by atoms with Gasteiger partial charge in [0.2, 0.25) is 0 Å². The van der Waals surface area contributed by atoms with Crippen molar-refractivity contribution in [3.8, 4) is 11.1 Å². The van der Waals surface area contributed by atoms with Crippen LogP contribution in [-0.2, 0) is 44.2 Å². The van der Waals surface area contributed by atoms with Crippen LogP contribution in [-0.4, -0.2) is 66.0 Å². The first-order chi connectivity index (χ1) is 28.2. The Hall–Kier alpha value is -5.07. The fourth-order valence-corrected chi connectivity index (χ4v) is 7.90. The molecule has 0 aromatic heterocycles. The van der Waals surface area contributed by atoms with Gasteiger partial charge in [-0.25, -0.2) is 9.59 Å². The number of urea groups is 1. The van der Waals surface area contributed by atoms with Gasteiger partial charge in [-0.15, -0.1) is 0 Å². The van der Waals surface area contributed by atoms with E-state index in [1.54, 1.807) is 0 Å². The van der Waals surface area contributed by atoms with Gasteiger partial charge in [0.1, 0.15) is 6.04 Å². The smallest absolute Gasteiger partial charge is 0.328 e. The fourth-order valence-electron chi connectivity index (χ4n) is 7.78. The van der Waals surface area contributed by atoms with Crippen molar-refractivity contribution in [2.45, 2.75) is 69.0 Å². The summed E-state index contributed by atoms with van der Waals surface area (Å²) in [6, 6.07) is 39.6. The summed E-state index contributed by atoms with van der Waals surface area (Å²) in [6.45, 7) is 2.36. The average molecular weight is 804 g/mol. The van der Waals surface area contributed by atoms with Gasteiger partial charge in [-0.05, 0) is 76.1 Å². The quantitative estimate of drug-likeness (QED) is 0.0896. The summed E-state index contributed by atoms with van der Waals surface area (Å²) in [5.41, 5.74) is 6.45. The molecule has 5 aromatic rings. The van der Waals surface area contributed by atoms with E-state index in [-0.39, 0.29) is 25.4 Å². The summed E-state index contributed by atoms with van der Waals surface area (Å²) in [4.78, 5) is 27.8. The third kappa shape index (κ3) is 10.5. The minimum atomic E-state index is -0.895. The van der Waals surface area contributed by atoms with Crippen molar-refractivity contribution in [3.05, 3.63) is 166 Å². The highest BCUT2D eigenvalue weighted by Crippen LogP contribution is 2.40. The fraction of sp³-hybridized carbons (Fsp3) is 0.319. The Morgan fingerprint density at radius 2 is 1.52 bits per heavy atom. The van der Waals surface area contributed by atoms with Crippen molar-refractivity contribution in [1.82, 2.24) is 15.5 Å². The zero-order valence-corrected chi connectivity index (χ0v) is 33.3. The van der Waals surface area contributed by atoms with Gasteiger partial charge in [-0.1, -0.05) is 115 Å². The highest BCUT2D eigenvalue weighted by molar-refractivity contribution is 6.30. The number of aliphatic hydroxyl groups is 2. The van der Waals surface area contributed by atoms with Crippen LogP contribution in [0.5, 0.6) is 0 Å². The molecule has 7 rings (SSSR count). The molecule has 302 valence electrons. The van der Waals surface area contributed by atoms with Crippen LogP contribution in [0.4, 0.5) is 4.79 Å². The number of piperidine rings is 1. The van der Waals surface area contributed by atoms with E-state index in [0.29, 0.717) is 37.3 Å². The van der Waals surface area contributed by atoms with Gasteiger partial charge < -0.3 is 40.0 Å². The van der Waals surface area contributed by atoms with Crippen molar-refractivity contribution in [2.24, 2.45) is 0 Å². The van der Waals surface area contributed by atoms with E-state index < -0.39 is 29.9 Å². The van der Waals surface area contributed by atoms with E-state index in [4.69, 9.17) is 25.8 Å². The number of ether oxygens (including phenoxy) is 3. The van der Waals surface area contributed by atoms with Crippen LogP contribution < -0.4 is 10.6 Å². The lowest BCUT2D eigenvalue weighted by atomic mass is 9.84. The van der Waals surface area contributed by atoms with Crippen LogP contribution in [0.2, 0.25) is 5.02 Å². The molecule has 0 aliphatic carbocycles. The maximum atomic E-state index is 12.9. The van der Waals surface area contributed by atoms with Gasteiger partial charge in [0, 0.05) is 49.6 Å². The first-order valence-corrected chi connectivity index (χ1v) is 20.1. The standard InChI is InChI=1S/C47H50ClN3O7/c1-56-44(53)42(26-32-7-3-2-4-8-32)50-46(54)49-29-34-9-5-10-36(25-34)37-11-6-12-38(27-37)45-57-41(28-43(58-45)35-15-13-33(31-52)14-16-35)30-51-23-21-47(55,22-24-51)39-17-19-40(48)20-18-39/h2-20,25,27,41-43,45,52,55H,21-24,26,28-31H2,1H3,(H2,49,50,54)/t41-,42-,43+,45+/m0/s1. The minimum Gasteiger partial charge on any atom is -0.467 e. The summed E-state index contributed by atoms with van der Waals surface area (Å²) in [5.74, 6) is -0.515. The largest absolute Gasteiger partial charge is 0.467 e. The molecular formula is C47H50ClN3O7. The summed E-state index contributed by atoms with van der Waals surface area (Å²) >= 11 is 6.11. The average Bonchev–Trinajstić information content (AvgIpc) is 3.26. The molecule has 2 amide bonds. The highest BCUT2D eigenvalue weighted by atomic mass is 35.5. The summed E-state index contributed by atoms with van der Waals surface area (Å²) in [7, 11) is 1.31. The predicted molar refractivity (Wildman–Crippen MR) is 223 cm³/mol. The summed E-state index contributed by atoms with van der Waals surface area (Å²) in [5, 5.41) is 27.4. The molecule has 0 radical (unpaired) electrons. The number of esters is 1. The van der Waals surface area contributed by atoms with Crippen LogP contribution in [0.25, 0.3) is 11.1 Å². The van der Waals surface area contributed by atoms with Crippen molar-refractivity contribution >= 4 is 23.6 Å². The van der Waals surface area contributed by atoms with Gasteiger partial charge in [0.05, 0.1) is 31.5 Å². The van der Waals surface area contributed by atoms with Crippen molar-refractivity contribution in [3.63, 3.8) is 0 Å². The number of carbonyl (C=O) groups excluding carboxylic acids is 2.